The van der Waals surface area contributed by atoms with Crippen LogP contribution in [0.25, 0.3) is 5.65 Å². The van der Waals surface area contributed by atoms with Gasteiger partial charge in [-0.15, -0.1) is 0 Å². The first-order chi connectivity index (χ1) is 9.05. The van der Waals surface area contributed by atoms with Crippen LogP contribution in [0, 0.1) is 0 Å². The molecule has 1 saturated heterocycles. The van der Waals surface area contributed by atoms with Crippen LogP contribution >= 0.6 is 0 Å². The van der Waals surface area contributed by atoms with E-state index in [0.717, 1.165) is 11.5 Å². The second kappa shape index (κ2) is 4.46. The van der Waals surface area contributed by atoms with Gasteiger partial charge < -0.3 is 9.30 Å². The smallest absolute Gasteiger partial charge is 0.211 e. The van der Waals surface area contributed by atoms with Crippen molar-refractivity contribution in [3.63, 3.8) is 0 Å². The quantitative estimate of drug-likeness (QED) is 0.763. The van der Waals surface area contributed by atoms with E-state index >= 15 is 0 Å². The van der Waals surface area contributed by atoms with Gasteiger partial charge in [0.25, 0.3) is 0 Å². The van der Waals surface area contributed by atoms with Crippen LogP contribution in [0.2, 0.25) is 0 Å². The molecule has 3 heterocycles. The Morgan fingerprint density at radius 3 is 2.32 bits per heavy atom. The monoisotopic (exact) mass is 281 g/mol. The molecule has 0 atom stereocenters. The Bertz CT molecular complexity index is 688. The molecule has 3 rings (SSSR count). The van der Waals surface area contributed by atoms with E-state index in [4.69, 9.17) is 0 Å². The third kappa shape index (κ3) is 2.28. The van der Waals surface area contributed by atoms with Crippen molar-refractivity contribution < 1.29 is 8.42 Å². The zero-order chi connectivity index (χ0) is 13.5. The number of rotatable bonds is 2. The molecule has 0 spiro atoms. The Hall–Kier alpha value is -1.67. The molecule has 1 aliphatic rings. The van der Waals surface area contributed by atoms with E-state index in [-0.39, 0.29) is 0 Å². The second-order valence-corrected chi connectivity index (χ2v) is 6.54. The van der Waals surface area contributed by atoms with Gasteiger partial charge in [-0.05, 0) is 0 Å². The van der Waals surface area contributed by atoms with Crippen molar-refractivity contribution in [3.8, 4) is 0 Å². The summed E-state index contributed by atoms with van der Waals surface area (Å²) in [5, 5.41) is 0. The minimum Gasteiger partial charge on any atom is -0.351 e. The van der Waals surface area contributed by atoms with Gasteiger partial charge in [0.05, 0.1) is 6.26 Å². The first-order valence-corrected chi connectivity index (χ1v) is 7.88. The Balaban J connectivity index is 1.84. The number of piperazine rings is 1. The van der Waals surface area contributed by atoms with E-state index in [1.807, 2.05) is 16.8 Å². The van der Waals surface area contributed by atoms with Crippen LogP contribution in [0.4, 0.5) is 5.82 Å². The maximum atomic E-state index is 11.5. The molecule has 1 aliphatic heterocycles. The highest BCUT2D eigenvalue weighted by Gasteiger charge is 2.25. The topological polar surface area (TPSA) is 70.8 Å². The van der Waals surface area contributed by atoms with Gasteiger partial charge in [-0.25, -0.2) is 18.4 Å². The SMILES string of the molecule is CS(=O)(=O)N1CCN(c2nccn3ccnc23)CC1. The van der Waals surface area contributed by atoms with Crippen LogP contribution in [0.1, 0.15) is 0 Å². The molecule has 0 saturated carbocycles. The van der Waals surface area contributed by atoms with Crippen LogP contribution in [-0.2, 0) is 10.0 Å². The van der Waals surface area contributed by atoms with E-state index in [1.54, 1.807) is 12.4 Å². The van der Waals surface area contributed by atoms with E-state index in [0.29, 0.717) is 26.2 Å². The highest BCUT2D eigenvalue weighted by atomic mass is 32.2. The number of nitrogens with zero attached hydrogens (tertiary/aromatic N) is 5. The Morgan fingerprint density at radius 2 is 1.68 bits per heavy atom. The molecule has 102 valence electrons. The summed E-state index contributed by atoms with van der Waals surface area (Å²) in [6.45, 7) is 2.24. The fourth-order valence-electron chi connectivity index (χ4n) is 2.29. The van der Waals surface area contributed by atoms with Gasteiger partial charge in [0.2, 0.25) is 10.0 Å². The molecule has 0 amide bonds. The van der Waals surface area contributed by atoms with E-state index in [1.165, 1.54) is 10.6 Å². The molecule has 0 bridgehead atoms. The number of fused-ring (bicyclic) bond motifs is 1. The van der Waals surface area contributed by atoms with E-state index in [2.05, 4.69) is 14.9 Å². The molecule has 7 nitrogen and oxygen atoms in total. The summed E-state index contributed by atoms with van der Waals surface area (Å²) in [6, 6.07) is 0. The van der Waals surface area contributed by atoms with Crippen LogP contribution < -0.4 is 4.90 Å². The third-order valence-corrected chi connectivity index (χ3v) is 4.60. The van der Waals surface area contributed by atoms with Gasteiger partial charge in [-0.2, -0.15) is 4.31 Å². The van der Waals surface area contributed by atoms with Crippen LogP contribution in [0.15, 0.2) is 24.8 Å². The fraction of sp³-hybridized carbons (Fsp3) is 0.455. The molecule has 2 aromatic rings. The molecule has 1 fully saturated rings. The summed E-state index contributed by atoms with van der Waals surface area (Å²) >= 11 is 0. The number of hydrogen-bond donors (Lipinski definition) is 0. The maximum absolute atomic E-state index is 11.5. The predicted molar refractivity (Wildman–Crippen MR) is 71.6 cm³/mol. The molecule has 0 unspecified atom stereocenters. The standard InChI is InChI=1S/C11H15N5O2S/c1-19(17,18)16-8-6-15(7-9-16)11-10-12-2-4-14(10)5-3-13-11/h2-5H,6-9H2,1H3. The molecular weight excluding hydrogens is 266 g/mol. The number of sulfonamides is 1. The average molecular weight is 281 g/mol. The van der Waals surface area contributed by atoms with Crippen LogP contribution in [0.5, 0.6) is 0 Å². The van der Waals surface area contributed by atoms with Gasteiger partial charge in [-0.3, -0.25) is 0 Å². The molecule has 0 radical (unpaired) electrons. The molecule has 8 heteroatoms. The summed E-state index contributed by atoms with van der Waals surface area (Å²) in [5.74, 6) is 0.806. The van der Waals surface area contributed by atoms with Crippen molar-refractivity contribution in [1.29, 1.82) is 0 Å². The molecular formula is C11H15N5O2S. The van der Waals surface area contributed by atoms with Crippen molar-refractivity contribution >= 4 is 21.5 Å². The van der Waals surface area contributed by atoms with E-state index in [9.17, 15) is 8.42 Å². The van der Waals surface area contributed by atoms with Gasteiger partial charge in [0.1, 0.15) is 0 Å². The van der Waals surface area contributed by atoms with Crippen molar-refractivity contribution in [3.05, 3.63) is 24.8 Å². The largest absolute Gasteiger partial charge is 0.351 e. The Kier molecular flexibility index (Phi) is 2.90. The lowest BCUT2D eigenvalue weighted by Crippen LogP contribution is -2.48. The second-order valence-electron chi connectivity index (χ2n) is 4.56. The number of imidazole rings is 1. The van der Waals surface area contributed by atoms with E-state index < -0.39 is 10.0 Å². The maximum Gasteiger partial charge on any atom is 0.211 e. The third-order valence-electron chi connectivity index (χ3n) is 3.30. The molecule has 0 N–H and O–H groups in total. The number of hydrogen-bond acceptors (Lipinski definition) is 5. The van der Waals surface area contributed by atoms with Crippen LogP contribution in [-0.4, -0.2) is 59.5 Å². The highest BCUT2D eigenvalue weighted by Crippen LogP contribution is 2.19. The first-order valence-electron chi connectivity index (χ1n) is 6.03. The molecule has 0 aromatic carbocycles. The number of aromatic nitrogens is 3. The minimum absolute atomic E-state index is 0.488. The zero-order valence-corrected chi connectivity index (χ0v) is 11.4. The lowest BCUT2D eigenvalue weighted by atomic mass is 10.3. The van der Waals surface area contributed by atoms with Crippen molar-refractivity contribution in [2.75, 3.05) is 37.3 Å². The van der Waals surface area contributed by atoms with Gasteiger partial charge in [0.15, 0.2) is 11.5 Å². The molecule has 2 aromatic heterocycles. The Morgan fingerprint density at radius 1 is 1.05 bits per heavy atom. The van der Waals surface area contributed by atoms with Crippen molar-refractivity contribution in [2.24, 2.45) is 0 Å². The first kappa shape index (κ1) is 12.4. The molecule has 19 heavy (non-hydrogen) atoms. The number of anilines is 1. The molecule has 0 aliphatic carbocycles. The predicted octanol–water partition coefficient (Wildman–Crippen LogP) is -0.189. The normalized spacial score (nSPS) is 18.1. The lowest BCUT2D eigenvalue weighted by Gasteiger charge is -2.33. The average Bonchev–Trinajstić information content (AvgIpc) is 2.86. The van der Waals surface area contributed by atoms with Gasteiger partial charge in [0, 0.05) is 51.0 Å². The van der Waals surface area contributed by atoms with Crippen molar-refractivity contribution in [2.45, 2.75) is 0 Å². The van der Waals surface area contributed by atoms with Gasteiger partial charge >= 0.3 is 0 Å². The van der Waals surface area contributed by atoms with Crippen LogP contribution in [0.3, 0.4) is 0 Å². The Labute approximate surface area is 111 Å². The fourth-order valence-corrected chi connectivity index (χ4v) is 3.12. The lowest BCUT2D eigenvalue weighted by molar-refractivity contribution is 0.387. The summed E-state index contributed by atoms with van der Waals surface area (Å²) in [5.41, 5.74) is 0.801. The minimum atomic E-state index is -3.10. The summed E-state index contributed by atoms with van der Waals surface area (Å²) in [6.07, 6.45) is 8.42. The van der Waals surface area contributed by atoms with Gasteiger partial charge in [-0.1, -0.05) is 0 Å². The summed E-state index contributed by atoms with van der Waals surface area (Å²) < 4.78 is 26.4. The summed E-state index contributed by atoms with van der Waals surface area (Å²) in [7, 11) is -3.10. The zero-order valence-electron chi connectivity index (χ0n) is 10.6. The van der Waals surface area contributed by atoms with Crippen molar-refractivity contribution in [1.82, 2.24) is 18.7 Å². The highest BCUT2D eigenvalue weighted by molar-refractivity contribution is 7.88. The summed E-state index contributed by atoms with van der Waals surface area (Å²) in [4.78, 5) is 10.7.